The number of para-hydroxylation sites is 1. The van der Waals surface area contributed by atoms with Gasteiger partial charge in [-0.25, -0.2) is 9.36 Å². The van der Waals surface area contributed by atoms with Crippen molar-refractivity contribution in [1.82, 2.24) is 19.6 Å². The molecule has 0 N–H and O–H groups in total. The van der Waals surface area contributed by atoms with Crippen LogP contribution in [-0.4, -0.2) is 19.6 Å². The van der Waals surface area contributed by atoms with Gasteiger partial charge in [0.05, 0.1) is 24.1 Å². The Morgan fingerprint density at radius 2 is 2.05 bits per heavy atom. The minimum absolute atomic E-state index is 0.156. The summed E-state index contributed by atoms with van der Waals surface area (Å²) in [6.07, 6.45) is 3.36. The minimum atomic E-state index is -0.156. The van der Waals surface area contributed by atoms with E-state index in [1.807, 2.05) is 38.1 Å². The topological polar surface area (TPSA) is 52.7 Å². The van der Waals surface area contributed by atoms with E-state index in [0.717, 1.165) is 22.3 Å². The lowest BCUT2D eigenvalue weighted by molar-refractivity contribution is 0.647. The number of allylic oxidation sites excluding steroid dienone is 1. The number of nitrogens with zero attached hydrogens (tertiary/aromatic N) is 4. The van der Waals surface area contributed by atoms with E-state index in [0.29, 0.717) is 12.1 Å². The molecule has 1 aromatic carbocycles. The Balaban J connectivity index is 2.38. The average molecular weight is 280 g/mol. The maximum Gasteiger partial charge on any atom is 0.293 e. The molecule has 0 atom stereocenters. The molecule has 5 heteroatoms. The lowest BCUT2D eigenvalue weighted by Gasteiger charge is -2.08. The molecule has 5 nitrogen and oxygen atoms in total. The van der Waals surface area contributed by atoms with Crippen molar-refractivity contribution >= 4 is 10.9 Å². The largest absolute Gasteiger partial charge is 0.293 e. The lowest BCUT2D eigenvalue weighted by Crippen LogP contribution is -2.25. The van der Waals surface area contributed by atoms with Crippen LogP contribution in [0.1, 0.15) is 11.3 Å². The molecule has 106 valence electrons. The Kier molecular flexibility index (Phi) is 3.17. The fourth-order valence-corrected chi connectivity index (χ4v) is 2.45. The zero-order valence-corrected chi connectivity index (χ0v) is 12.1. The van der Waals surface area contributed by atoms with Crippen LogP contribution in [0.2, 0.25) is 0 Å². The molecule has 2 aromatic heterocycles. The molecule has 0 aliphatic carbocycles. The van der Waals surface area contributed by atoms with E-state index in [9.17, 15) is 4.79 Å². The van der Waals surface area contributed by atoms with Crippen LogP contribution in [0.3, 0.4) is 0 Å². The van der Waals surface area contributed by atoms with E-state index in [1.54, 1.807) is 17.0 Å². The fraction of sp³-hybridized carbons (Fsp3) is 0.188. The van der Waals surface area contributed by atoms with Crippen LogP contribution in [0, 0.1) is 13.8 Å². The summed E-state index contributed by atoms with van der Waals surface area (Å²) >= 11 is 0. The van der Waals surface area contributed by atoms with Crippen LogP contribution in [-0.2, 0) is 6.54 Å². The normalized spacial score (nSPS) is 11.0. The van der Waals surface area contributed by atoms with E-state index in [4.69, 9.17) is 0 Å². The van der Waals surface area contributed by atoms with Gasteiger partial charge in [-0.15, -0.1) is 6.58 Å². The van der Waals surface area contributed by atoms with Crippen LogP contribution >= 0.6 is 0 Å². The molecule has 0 aliphatic heterocycles. The summed E-state index contributed by atoms with van der Waals surface area (Å²) in [6, 6.07) is 7.85. The highest BCUT2D eigenvalue weighted by atomic mass is 16.1. The molecule has 0 fully saturated rings. The van der Waals surface area contributed by atoms with Crippen molar-refractivity contribution in [3.8, 4) is 5.69 Å². The van der Waals surface area contributed by atoms with Crippen LogP contribution in [0.25, 0.3) is 16.6 Å². The van der Waals surface area contributed by atoms with Crippen molar-refractivity contribution in [2.24, 2.45) is 0 Å². The molecule has 21 heavy (non-hydrogen) atoms. The van der Waals surface area contributed by atoms with Gasteiger partial charge in [0.25, 0.3) is 5.56 Å². The third-order valence-corrected chi connectivity index (χ3v) is 3.51. The van der Waals surface area contributed by atoms with Crippen LogP contribution in [0.15, 0.2) is 47.9 Å². The molecule has 3 rings (SSSR count). The van der Waals surface area contributed by atoms with Crippen molar-refractivity contribution in [3.63, 3.8) is 0 Å². The maximum absolute atomic E-state index is 12.6. The minimum Gasteiger partial charge on any atom is -0.265 e. The second-order valence-electron chi connectivity index (χ2n) is 4.97. The lowest BCUT2D eigenvalue weighted by atomic mass is 10.2. The molecular formula is C16H16N4O. The molecule has 3 aromatic rings. The van der Waals surface area contributed by atoms with Crippen molar-refractivity contribution < 1.29 is 0 Å². The molecule has 2 heterocycles. The molecule has 0 bridgehead atoms. The van der Waals surface area contributed by atoms with Gasteiger partial charge in [-0.3, -0.25) is 4.79 Å². The predicted octanol–water partition coefficient (Wildman–Crippen LogP) is 2.39. The molecule has 0 saturated carbocycles. The van der Waals surface area contributed by atoms with Gasteiger partial charge < -0.3 is 0 Å². The van der Waals surface area contributed by atoms with Crippen molar-refractivity contribution in [1.29, 1.82) is 0 Å². The van der Waals surface area contributed by atoms with Gasteiger partial charge in [0, 0.05) is 5.39 Å². The van der Waals surface area contributed by atoms with Crippen molar-refractivity contribution in [3.05, 3.63) is 64.7 Å². The molecular weight excluding hydrogens is 264 g/mol. The Hall–Kier alpha value is -2.69. The van der Waals surface area contributed by atoms with E-state index >= 15 is 0 Å². The monoisotopic (exact) mass is 280 g/mol. The van der Waals surface area contributed by atoms with Gasteiger partial charge in [0.2, 0.25) is 0 Å². The highest BCUT2D eigenvalue weighted by Gasteiger charge is 2.15. The number of fused-ring (bicyclic) bond motifs is 1. The third kappa shape index (κ3) is 2.07. The zero-order chi connectivity index (χ0) is 15.0. The number of benzene rings is 1. The SMILES string of the molecule is C=CCn1nc(C)c2cnn(-c3ccccc3C)c2c1=O. The highest BCUT2D eigenvalue weighted by molar-refractivity contribution is 5.81. The average Bonchev–Trinajstić information content (AvgIpc) is 2.90. The van der Waals surface area contributed by atoms with Gasteiger partial charge in [0.1, 0.15) is 5.52 Å². The standard InChI is InChI=1S/C16H16N4O/c1-4-9-19-16(21)15-13(12(3)18-19)10-17-20(15)14-8-6-5-7-11(14)2/h4-8,10H,1,9H2,2-3H3. The van der Waals surface area contributed by atoms with E-state index in [-0.39, 0.29) is 5.56 Å². The first-order chi connectivity index (χ1) is 10.1. The Labute approximate surface area is 122 Å². The first kappa shape index (κ1) is 13.3. The first-order valence-corrected chi connectivity index (χ1v) is 6.76. The Morgan fingerprint density at radius 3 is 2.76 bits per heavy atom. The van der Waals surface area contributed by atoms with Crippen molar-refractivity contribution in [2.45, 2.75) is 20.4 Å². The third-order valence-electron chi connectivity index (χ3n) is 3.51. The van der Waals surface area contributed by atoms with Gasteiger partial charge in [0.15, 0.2) is 0 Å². The Morgan fingerprint density at radius 1 is 1.29 bits per heavy atom. The van der Waals surface area contributed by atoms with E-state index in [2.05, 4.69) is 16.8 Å². The van der Waals surface area contributed by atoms with Gasteiger partial charge in [-0.1, -0.05) is 24.3 Å². The van der Waals surface area contributed by atoms with E-state index < -0.39 is 0 Å². The van der Waals surface area contributed by atoms with Gasteiger partial charge in [-0.2, -0.15) is 10.2 Å². The summed E-state index contributed by atoms with van der Waals surface area (Å²) < 4.78 is 3.11. The number of rotatable bonds is 3. The fourth-order valence-electron chi connectivity index (χ4n) is 2.45. The first-order valence-electron chi connectivity index (χ1n) is 6.76. The van der Waals surface area contributed by atoms with E-state index in [1.165, 1.54) is 4.68 Å². The summed E-state index contributed by atoms with van der Waals surface area (Å²) in [6.45, 7) is 7.93. The summed E-state index contributed by atoms with van der Waals surface area (Å²) in [5.41, 5.74) is 3.15. The zero-order valence-electron chi connectivity index (χ0n) is 12.1. The summed E-state index contributed by atoms with van der Waals surface area (Å²) in [5.74, 6) is 0. The molecule has 0 aliphatic rings. The number of hydrogen-bond acceptors (Lipinski definition) is 3. The number of hydrogen-bond donors (Lipinski definition) is 0. The highest BCUT2D eigenvalue weighted by Crippen LogP contribution is 2.19. The second kappa shape index (κ2) is 5.01. The van der Waals surface area contributed by atoms with Gasteiger partial charge >= 0.3 is 0 Å². The Bertz CT molecular complexity index is 889. The second-order valence-corrected chi connectivity index (χ2v) is 4.97. The molecule has 0 spiro atoms. The molecule has 0 amide bonds. The predicted molar refractivity (Wildman–Crippen MR) is 82.8 cm³/mol. The maximum atomic E-state index is 12.6. The van der Waals surface area contributed by atoms with Crippen LogP contribution < -0.4 is 5.56 Å². The number of aryl methyl sites for hydroxylation is 2. The number of aromatic nitrogens is 4. The summed E-state index contributed by atoms with van der Waals surface area (Å²) in [7, 11) is 0. The summed E-state index contributed by atoms with van der Waals surface area (Å²) in [4.78, 5) is 12.6. The smallest absolute Gasteiger partial charge is 0.265 e. The van der Waals surface area contributed by atoms with Crippen molar-refractivity contribution in [2.75, 3.05) is 0 Å². The van der Waals surface area contributed by atoms with Gasteiger partial charge in [-0.05, 0) is 25.5 Å². The van der Waals surface area contributed by atoms with Crippen LogP contribution in [0.4, 0.5) is 0 Å². The van der Waals surface area contributed by atoms with Crippen LogP contribution in [0.5, 0.6) is 0 Å². The molecule has 0 radical (unpaired) electrons. The quantitative estimate of drug-likeness (QED) is 0.692. The summed E-state index contributed by atoms with van der Waals surface area (Å²) in [5, 5.41) is 9.47. The molecule has 0 unspecified atom stereocenters. The molecule has 0 saturated heterocycles.